The number of carbonyl (C=O) groups excluding carboxylic acids is 2. The number of halogens is 1. The number of hydrogen-bond acceptors (Lipinski definition) is 5. The lowest BCUT2D eigenvalue weighted by molar-refractivity contribution is -0.135. The van der Waals surface area contributed by atoms with Crippen molar-refractivity contribution in [3.63, 3.8) is 0 Å². The van der Waals surface area contributed by atoms with Gasteiger partial charge in [-0.25, -0.2) is 0 Å². The summed E-state index contributed by atoms with van der Waals surface area (Å²) in [6.07, 6.45) is 2.58. The standard InChI is InChI=1S/C26H33BrN4O3/c1-26(2,3)21-9-20(27)6-7-23(21)34-15-24(32)30-11-18-13-31(14-19(18)12-30)25(33)16-4-5-17-10-28-29-22(17)8-16/h6-7,9,16,18-19H,4-5,8,10-15H2,1-3H3/t16-,18-,19-/m1/s1. The Hall–Kier alpha value is -2.22. The first-order chi connectivity index (χ1) is 16.2. The van der Waals surface area contributed by atoms with Gasteiger partial charge < -0.3 is 14.5 Å². The third-order valence-corrected chi connectivity index (χ3v) is 8.19. The summed E-state index contributed by atoms with van der Waals surface area (Å²) >= 11 is 3.53. The second kappa shape index (κ2) is 9.10. The van der Waals surface area contributed by atoms with E-state index in [1.54, 1.807) is 0 Å². The van der Waals surface area contributed by atoms with Gasteiger partial charge in [-0.05, 0) is 42.0 Å². The summed E-state index contributed by atoms with van der Waals surface area (Å²) in [6.45, 7) is 10.1. The van der Waals surface area contributed by atoms with E-state index in [0.717, 1.165) is 60.4 Å². The molecule has 7 nitrogen and oxygen atoms in total. The van der Waals surface area contributed by atoms with Gasteiger partial charge in [-0.1, -0.05) is 36.7 Å². The fourth-order valence-corrected chi connectivity index (χ4v) is 6.11. The molecule has 0 radical (unpaired) electrons. The molecule has 3 heterocycles. The summed E-state index contributed by atoms with van der Waals surface area (Å²) in [7, 11) is 0. The molecule has 2 fully saturated rings. The van der Waals surface area contributed by atoms with Crippen LogP contribution in [0.15, 0.2) is 44.2 Å². The van der Waals surface area contributed by atoms with Gasteiger partial charge in [0.2, 0.25) is 5.91 Å². The number of amides is 2. The van der Waals surface area contributed by atoms with Gasteiger partial charge in [0, 0.05) is 60.4 Å². The van der Waals surface area contributed by atoms with Crippen LogP contribution in [-0.2, 0) is 15.0 Å². The van der Waals surface area contributed by atoms with Crippen LogP contribution in [0.1, 0.15) is 45.6 Å². The van der Waals surface area contributed by atoms with Gasteiger partial charge >= 0.3 is 0 Å². The summed E-state index contributed by atoms with van der Waals surface area (Å²) in [4.78, 5) is 30.0. The SMILES string of the molecule is CC(C)(C)c1cc(Br)ccc1OCC(=O)N1C[C@@H]2CN(C(=O)[C@@H]3CCC4=C(C3)N=NC4)C[C@H]2C1. The molecule has 0 saturated carbocycles. The highest BCUT2D eigenvalue weighted by Crippen LogP contribution is 2.38. The minimum absolute atomic E-state index is 0.0217. The van der Waals surface area contributed by atoms with Crippen LogP contribution in [0.3, 0.4) is 0 Å². The quantitative estimate of drug-likeness (QED) is 0.574. The molecule has 0 bridgehead atoms. The Morgan fingerprint density at radius 3 is 2.53 bits per heavy atom. The molecular formula is C26H33BrN4O3. The van der Waals surface area contributed by atoms with Gasteiger partial charge in [0.1, 0.15) is 5.75 Å². The van der Waals surface area contributed by atoms with Crippen molar-refractivity contribution in [1.29, 1.82) is 0 Å². The Labute approximate surface area is 209 Å². The van der Waals surface area contributed by atoms with Crippen molar-refractivity contribution in [2.24, 2.45) is 28.0 Å². The van der Waals surface area contributed by atoms with E-state index in [9.17, 15) is 9.59 Å². The van der Waals surface area contributed by atoms with Crippen LogP contribution in [0.4, 0.5) is 0 Å². The highest BCUT2D eigenvalue weighted by Gasteiger charge is 2.44. The van der Waals surface area contributed by atoms with E-state index in [0.29, 0.717) is 24.9 Å². The minimum Gasteiger partial charge on any atom is -0.483 e. The zero-order valence-corrected chi connectivity index (χ0v) is 21.8. The van der Waals surface area contributed by atoms with Crippen molar-refractivity contribution in [1.82, 2.24) is 9.80 Å². The van der Waals surface area contributed by atoms with Crippen molar-refractivity contribution >= 4 is 27.7 Å². The number of fused-ring (bicyclic) bond motifs is 1. The Balaban J connectivity index is 1.13. The maximum Gasteiger partial charge on any atom is 0.260 e. The summed E-state index contributed by atoms with van der Waals surface area (Å²) in [6, 6.07) is 5.93. The number of azo groups is 1. The van der Waals surface area contributed by atoms with Gasteiger partial charge in [0.25, 0.3) is 5.91 Å². The number of likely N-dealkylation sites (tertiary alicyclic amines) is 2. The zero-order chi connectivity index (χ0) is 24.0. The summed E-state index contributed by atoms with van der Waals surface area (Å²) in [5.74, 6) is 1.78. The van der Waals surface area contributed by atoms with Gasteiger partial charge in [0.05, 0.1) is 12.2 Å². The fraction of sp³-hybridized carbons (Fsp3) is 0.615. The molecule has 2 saturated heterocycles. The molecule has 0 spiro atoms. The van der Waals surface area contributed by atoms with E-state index in [4.69, 9.17) is 4.74 Å². The lowest BCUT2D eigenvalue weighted by Crippen LogP contribution is -2.40. The molecule has 0 aromatic heterocycles. The lowest BCUT2D eigenvalue weighted by atomic mass is 9.86. The second-order valence-electron chi connectivity index (χ2n) is 11.1. The van der Waals surface area contributed by atoms with Crippen molar-refractivity contribution in [2.75, 3.05) is 39.3 Å². The van der Waals surface area contributed by atoms with Gasteiger partial charge in [0.15, 0.2) is 6.61 Å². The number of carbonyl (C=O) groups is 2. The van der Waals surface area contributed by atoms with Gasteiger partial charge in [-0.3, -0.25) is 9.59 Å². The molecule has 4 aliphatic rings. The average Bonchev–Trinajstić information content (AvgIpc) is 3.51. The molecule has 5 rings (SSSR count). The first-order valence-corrected chi connectivity index (χ1v) is 13.1. The van der Waals surface area contributed by atoms with Crippen LogP contribution in [0.25, 0.3) is 0 Å². The Morgan fingerprint density at radius 2 is 1.82 bits per heavy atom. The van der Waals surface area contributed by atoms with Crippen LogP contribution in [0, 0.1) is 17.8 Å². The third kappa shape index (κ3) is 4.66. The number of ether oxygens (including phenoxy) is 1. The van der Waals surface area contributed by atoms with E-state index in [2.05, 4.69) is 53.0 Å². The van der Waals surface area contributed by atoms with Crippen LogP contribution in [0.5, 0.6) is 5.75 Å². The topological polar surface area (TPSA) is 74.6 Å². The van der Waals surface area contributed by atoms with Crippen LogP contribution in [0.2, 0.25) is 0 Å². The van der Waals surface area contributed by atoms with Crippen LogP contribution in [-0.4, -0.2) is 60.9 Å². The number of hydrogen-bond donors (Lipinski definition) is 0. The maximum absolute atomic E-state index is 13.2. The maximum atomic E-state index is 13.2. The molecule has 3 atom stereocenters. The molecule has 1 aromatic rings. The second-order valence-corrected chi connectivity index (χ2v) is 12.0. The van der Waals surface area contributed by atoms with Crippen molar-refractivity contribution < 1.29 is 14.3 Å². The van der Waals surface area contributed by atoms with Crippen molar-refractivity contribution in [3.05, 3.63) is 39.5 Å². The summed E-state index contributed by atoms with van der Waals surface area (Å²) in [5, 5.41) is 8.36. The summed E-state index contributed by atoms with van der Waals surface area (Å²) in [5.41, 5.74) is 3.35. The smallest absolute Gasteiger partial charge is 0.260 e. The molecule has 0 unspecified atom stereocenters. The number of nitrogens with zero attached hydrogens (tertiary/aromatic N) is 4. The molecule has 3 aliphatic heterocycles. The van der Waals surface area contributed by atoms with Crippen molar-refractivity contribution in [2.45, 2.75) is 45.4 Å². The normalized spacial score (nSPS) is 26.2. The third-order valence-electron chi connectivity index (χ3n) is 7.70. The number of benzene rings is 1. The number of rotatable bonds is 4. The molecule has 1 aliphatic carbocycles. The summed E-state index contributed by atoms with van der Waals surface area (Å²) < 4.78 is 6.99. The molecular weight excluding hydrogens is 496 g/mol. The van der Waals surface area contributed by atoms with E-state index >= 15 is 0 Å². The predicted octanol–water partition coefficient (Wildman–Crippen LogP) is 4.56. The van der Waals surface area contributed by atoms with Crippen LogP contribution < -0.4 is 4.74 Å². The molecule has 8 heteroatoms. The van der Waals surface area contributed by atoms with Gasteiger partial charge in [-0.15, -0.1) is 0 Å². The number of allylic oxidation sites excluding steroid dienone is 1. The van der Waals surface area contributed by atoms with Crippen LogP contribution >= 0.6 is 15.9 Å². The first-order valence-electron chi connectivity index (χ1n) is 12.3. The monoisotopic (exact) mass is 528 g/mol. The van der Waals surface area contributed by atoms with E-state index in [1.807, 2.05) is 21.9 Å². The first kappa shape index (κ1) is 23.5. The molecule has 0 N–H and O–H groups in total. The van der Waals surface area contributed by atoms with Crippen molar-refractivity contribution in [3.8, 4) is 5.75 Å². The molecule has 1 aromatic carbocycles. The Kier molecular flexibility index (Phi) is 6.29. The van der Waals surface area contributed by atoms with E-state index < -0.39 is 0 Å². The fourth-order valence-electron chi connectivity index (χ4n) is 5.75. The largest absolute Gasteiger partial charge is 0.483 e. The van der Waals surface area contributed by atoms with E-state index in [-0.39, 0.29) is 29.8 Å². The molecule has 2 amide bonds. The highest BCUT2D eigenvalue weighted by atomic mass is 79.9. The minimum atomic E-state index is -0.0834. The Morgan fingerprint density at radius 1 is 1.12 bits per heavy atom. The Bertz CT molecular complexity index is 1050. The van der Waals surface area contributed by atoms with E-state index in [1.165, 1.54) is 5.57 Å². The molecule has 34 heavy (non-hydrogen) atoms. The highest BCUT2D eigenvalue weighted by molar-refractivity contribution is 9.10. The molecule has 182 valence electrons. The van der Waals surface area contributed by atoms with Gasteiger partial charge in [-0.2, -0.15) is 10.2 Å². The lowest BCUT2D eigenvalue weighted by Gasteiger charge is -2.28. The predicted molar refractivity (Wildman–Crippen MR) is 133 cm³/mol. The zero-order valence-electron chi connectivity index (χ0n) is 20.2. The average molecular weight is 529 g/mol.